The van der Waals surface area contributed by atoms with E-state index in [0.717, 1.165) is 18.5 Å². The zero-order valence-corrected chi connectivity index (χ0v) is 9.96. The maximum absolute atomic E-state index is 5.62. The van der Waals surface area contributed by atoms with Crippen molar-refractivity contribution in [3.05, 3.63) is 0 Å². The molecule has 2 heteroatoms. The van der Waals surface area contributed by atoms with E-state index in [2.05, 4.69) is 4.90 Å². The highest BCUT2D eigenvalue weighted by molar-refractivity contribution is 4.80. The van der Waals surface area contributed by atoms with Gasteiger partial charge in [0, 0.05) is 6.04 Å². The van der Waals surface area contributed by atoms with Gasteiger partial charge in [-0.05, 0) is 57.7 Å². The van der Waals surface area contributed by atoms with Gasteiger partial charge in [0.2, 0.25) is 0 Å². The molecule has 0 unspecified atom stereocenters. The largest absolute Gasteiger partial charge is 0.330 e. The van der Waals surface area contributed by atoms with Crippen molar-refractivity contribution in [2.75, 3.05) is 19.6 Å². The summed E-state index contributed by atoms with van der Waals surface area (Å²) in [5, 5.41) is 0. The van der Waals surface area contributed by atoms with Gasteiger partial charge >= 0.3 is 0 Å². The van der Waals surface area contributed by atoms with Crippen LogP contribution in [0.4, 0.5) is 0 Å². The Balaban J connectivity index is 1.72. The van der Waals surface area contributed by atoms with Crippen LogP contribution in [0.25, 0.3) is 0 Å². The molecule has 0 aromatic rings. The van der Waals surface area contributed by atoms with E-state index in [4.69, 9.17) is 5.73 Å². The van der Waals surface area contributed by atoms with E-state index in [0.29, 0.717) is 0 Å². The van der Waals surface area contributed by atoms with Crippen LogP contribution in [0.2, 0.25) is 0 Å². The Labute approximate surface area is 94.2 Å². The minimum atomic E-state index is 0.883. The van der Waals surface area contributed by atoms with E-state index >= 15 is 0 Å². The molecule has 15 heavy (non-hydrogen) atoms. The summed E-state index contributed by atoms with van der Waals surface area (Å²) in [6, 6.07) is 0.928. The fraction of sp³-hybridized carbons (Fsp3) is 1.00. The Morgan fingerprint density at radius 3 is 2.20 bits per heavy atom. The second-order valence-corrected chi connectivity index (χ2v) is 5.35. The van der Waals surface area contributed by atoms with Crippen molar-refractivity contribution in [1.29, 1.82) is 0 Å². The molecule has 2 nitrogen and oxygen atoms in total. The molecule has 0 amide bonds. The second kappa shape index (κ2) is 5.86. The van der Waals surface area contributed by atoms with Gasteiger partial charge in [0.25, 0.3) is 0 Å². The molecule has 88 valence electrons. The van der Waals surface area contributed by atoms with Gasteiger partial charge in [-0.15, -0.1) is 0 Å². The molecule has 2 rings (SSSR count). The van der Waals surface area contributed by atoms with Crippen LogP contribution in [0, 0.1) is 5.92 Å². The van der Waals surface area contributed by atoms with E-state index < -0.39 is 0 Å². The van der Waals surface area contributed by atoms with Crippen molar-refractivity contribution < 1.29 is 0 Å². The Bertz CT molecular complexity index is 167. The third kappa shape index (κ3) is 3.18. The zero-order valence-electron chi connectivity index (χ0n) is 9.96. The summed E-state index contributed by atoms with van der Waals surface area (Å²) < 4.78 is 0. The highest BCUT2D eigenvalue weighted by Gasteiger charge is 2.25. The first kappa shape index (κ1) is 11.4. The van der Waals surface area contributed by atoms with Crippen molar-refractivity contribution in [1.82, 2.24) is 4.90 Å². The number of likely N-dealkylation sites (tertiary alicyclic amines) is 1. The van der Waals surface area contributed by atoms with Gasteiger partial charge in [0.1, 0.15) is 0 Å². The van der Waals surface area contributed by atoms with Crippen molar-refractivity contribution in [2.45, 2.75) is 57.4 Å². The summed E-state index contributed by atoms with van der Waals surface area (Å²) in [7, 11) is 0. The number of rotatable bonds is 3. The summed E-state index contributed by atoms with van der Waals surface area (Å²) in [4.78, 5) is 2.76. The Morgan fingerprint density at radius 1 is 0.933 bits per heavy atom. The first-order valence-corrected chi connectivity index (χ1v) is 6.84. The minimum absolute atomic E-state index is 0.883. The standard InChI is InChI=1S/C13H26N2/c14-9-6-12-7-10-15(11-8-12)13-4-2-1-3-5-13/h12-13H,1-11,14H2. The average molecular weight is 210 g/mol. The molecule has 0 radical (unpaired) electrons. The molecule has 1 saturated heterocycles. The van der Waals surface area contributed by atoms with Crippen LogP contribution in [0.5, 0.6) is 0 Å². The van der Waals surface area contributed by atoms with Crippen molar-refractivity contribution in [3.8, 4) is 0 Å². The molecule has 0 atom stereocenters. The molecule has 0 aromatic carbocycles. The number of hydrogen-bond donors (Lipinski definition) is 1. The first-order chi connectivity index (χ1) is 7.40. The van der Waals surface area contributed by atoms with Gasteiger partial charge in [0.15, 0.2) is 0 Å². The summed E-state index contributed by atoms with van der Waals surface area (Å²) in [6.07, 6.45) is 11.4. The topological polar surface area (TPSA) is 29.3 Å². The Morgan fingerprint density at radius 2 is 1.60 bits per heavy atom. The maximum atomic E-state index is 5.62. The predicted molar refractivity (Wildman–Crippen MR) is 64.8 cm³/mol. The number of nitrogens with zero attached hydrogens (tertiary/aromatic N) is 1. The van der Waals surface area contributed by atoms with Gasteiger partial charge in [0.05, 0.1) is 0 Å². The van der Waals surface area contributed by atoms with Crippen LogP contribution in [0.15, 0.2) is 0 Å². The van der Waals surface area contributed by atoms with Crippen LogP contribution >= 0.6 is 0 Å². The van der Waals surface area contributed by atoms with Crippen LogP contribution in [-0.4, -0.2) is 30.6 Å². The molecule has 0 aromatic heterocycles. The molecule has 0 bridgehead atoms. The lowest BCUT2D eigenvalue weighted by Crippen LogP contribution is -2.42. The van der Waals surface area contributed by atoms with Crippen molar-refractivity contribution >= 4 is 0 Å². The normalized spacial score (nSPS) is 27.0. The third-order valence-electron chi connectivity index (χ3n) is 4.32. The maximum Gasteiger partial charge on any atom is 0.00952 e. The molecule has 1 saturated carbocycles. The zero-order chi connectivity index (χ0) is 10.5. The van der Waals surface area contributed by atoms with Crippen molar-refractivity contribution in [2.24, 2.45) is 11.7 Å². The molecule has 0 spiro atoms. The Kier molecular flexibility index (Phi) is 4.45. The highest BCUT2D eigenvalue weighted by atomic mass is 15.2. The van der Waals surface area contributed by atoms with Crippen LogP contribution in [0.3, 0.4) is 0 Å². The summed E-state index contributed by atoms with van der Waals surface area (Å²) >= 11 is 0. The van der Waals surface area contributed by atoms with E-state index in [9.17, 15) is 0 Å². The molecule has 2 fully saturated rings. The van der Waals surface area contributed by atoms with Gasteiger partial charge in [-0.2, -0.15) is 0 Å². The predicted octanol–water partition coefficient (Wildman–Crippen LogP) is 2.38. The van der Waals surface area contributed by atoms with Gasteiger partial charge in [-0.3, -0.25) is 0 Å². The molecule has 1 aliphatic heterocycles. The van der Waals surface area contributed by atoms with Crippen molar-refractivity contribution in [3.63, 3.8) is 0 Å². The molecule has 2 aliphatic rings. The summed E-state index contributed by atoms with van der Waals surface area (Å²) in [6.45, 7) is 3.57. The van der Waals surface area contributed by atoms with Crippen LogP contribution in [0.1, 0.15) is 51.4 Å². The minimum Gasteiger partial charge on any atom is -0.330 e. The second-order valence-electron chi connectivity index (χ2n) is 5.35. The summed E-state index contributed by atoms with van der Waals surface area (Å²) in [5.41, 5.74) is 5.62. The van der Waals surface area contributed by atoms with Crippen LogP contribution < -0.4 is 5.73 Å². The van der Waals surface area contributed by atoms with Gasteiger partial charge < -0.3 is 10.6 Å². The number of nitrogens with two attached hydrogens (primary N) is 1. The molecular weight excluding hydrogens is 184 g/mol. The van der Waals surface area contributed by atoms with E-state index in [-0.39, 0.29) is 0 Å². The lowest BCUT2D eigenvalue weighted by atomic mass is 9.89. The average Bonchev–Trinajstić information content (AvgIpc) is 2.32. The smallest absolute Gasteiger partial charge is 0.00952 e. The highest BCUT2D eigenvalue weighted by Crippen LogP contribution is 2.27. The van der Waals surface area contributed by atoms with E-state index in [1.165, 1.54) is 64.5 Å². The fourth-order valence-corrected chi connectivity index (χ4v) is 3.29. The molecule has 1 aliphatic carbocycles. The molecular formula is C13H26N2. The first-order valence-electron chi connectivity index (χ1n) is 6.84. The Hall–Kier alpha value is -0.0800. The van der Waals surface area contributed by atoms with Gasteiger partial charge in [-0.1, -0.05) is 19.3 Å². The number of hydrogen-bond acceptors (Lipinski definition) is 2. The lowest BCUT2D eigenvalue weighted by Gasteiger charge is -2.39. The molecule has 1 heterocycles. The number of piperidine rings is 1. The third-order valence-corrected chi connectivity index (χ3v) is 4.32. The van der Waals surface area contributed by atoms with Gasteiger partial charge in [-0.25, -0.2) is 0 Å². The summed E-state index contributed by atoms with van der Waals surface area (Å²) in [5.74, 6) is 0.926. The lowest BCUT2D eigenvalue weighted by molar-refractivity contribution is 0.105. The monoisotopic (exact) mass is 210 g/mol. The van der Waals surface area contributed by atoms with Crippen LogP contribution in [-0.2, 0) is 0 Å². The van der Waals surface area contributed by atoms with E-state index in [1.807, 2.05) is 0 Å². The quantitative estimate of drug-likeness (QED) is 0.775. The fourth-order valence-electron chi connectivity index (χ4n) is 3.29. The SMILES string of the molecule is NCCC1CCN(C2CCCCC2)CC1. The molecule has 2 N–H and O–H groups in total. The van der Waals surface area contributed by atoms with E-state index in [1.54, 1.807) is 0 Å².